The molecule has 3 aliphatic rings. The number of rotatable bonds is 4. The summed E-state index contributed by atoms with van der Waals surface area (Å²) in [5.74, 6) is 0.631. The first-order valence-electron chi connectivity index (χ1n) is 9.44. The fraction of sp³-hybridized carbons (Fsp3) is 0.650. The van der Waals surface area contributed by atoms with E-state index < -0.39 is 0 Å². The Morgan fingerprint density at radius 2 is 1.79 bits per heavy atom. The first-order valence-corrected chi connectivity index (χ1v) is 9.81. The molecule has 1 unspecified atom stereocenters. The van der Waals surface area contributed by atoms with Crippen LogP contribution in [0.25, 0.3) is 0 Å². The van der Waals surface area contributed by atoms with E-state index in [0.717, 1.165) is 50.6 Å². The topological polar surface area (TPSA) is 23.6 Å². The number of carbonyl (C=O) groups excluding carboxylic acids is 1. The van der Waals surface area contributed by atoms with E-state index in [1.807, 2.05) is 12.1 Å². The summed E-state index contributed by atoms with van der Waals surface area (Å²) in [7, 11) is 0. The lowest BCUT2D eigenvalue weighted by atomic mass is 9.91. The van der Waals surface area contributed by atoms with Crippen molar-refractivity contribution in [3.63, 3.8) is 0 Å². The predicted molar refractivity (Wildman–Crippen MR) is 97.3 cm³/mol. The van der Waals surface area contributed by atoms with Crippen molar-refractivity contribution in [2.45, 2.75) is 43.9 Å². The standard InChI is InChI=1S/C20H27ClN2O/c21-18-7-5-17(6-8-18)20(9-10-20)15-22-11-3-4-16(14-22)19(24)23-12-1-2-13-23/h5-8,16H,1-4,9-15H2. The molecular formula is C20H27ClN2O. The summed E-state index contributed by atoms with van der Waals surface area (Å²) in [6.07, 6.45) is 7.11. The Morgan fingerprint density at radius 3 is 2.46 bits per heavy atom. The van der Waals surface area contributed by atoms with E-state index in [2.05, 4.69) is 21.9 Å². The van der Waals surface area contributed by atoms with Gasteiger partial charge in [-0.15, -0.1) is 0 Å². The van der Waals surface area contributed by atoms with Crippen molar-refractivity contribution in [1.29, 1.82) is 0 Å². The Balaban J connectivity index is 1.39. The van der Waals surface area contributed by atoms with Crippen LogP contribution in [0.1, 0.15) is 44.1 Å². The van der Waals surface area contributed by atoms with Crippen molar-refractivity contribution in [3.05, 3.63) is 34.9 Å². The van der Waals surface area contributed by atoms with Crippen LogP contribution in [0.15, 0.2) is 24.3 Å². The highest BCUT2D eigenvalue weighted by Gasteiger charge is 2.46. The average Bonchev–Trinajstić information content (AvgIpc) is 3.17. The first-order chi connectivity index (χ1) is 11.7. The first kappa shape index (κ1) is 16.4. The minimum absolute atomic E-state index is 0.220. The molecule has 0 aromatic heterocycles. The molecule has 0 spiro atoms. The zero-order valence-corrected chi connectivity index (χ0v) is 15.1. The zero-order chi connectivity index (χ0) is 16.6. The second-order valence-electron chi connectivity index (χ2n) is 7.89. The quantitative estimate of drug-likeness (QED) is 0.829. The average molecular weight is 347 g/mol. The van der Waals surface area contributed by atoms with Crippen molar-refractivity contribution in [3.8, 4) is 0 Å². The summed E-state index contributed by atoms with van der Waals surface area (Å²) in [4.78, 5) is 17.4. The number of piperidine rings is 1. The van der Waals surface area contributed by atoms with Crippen LogP contribution < -0.4 is 0 Å². The van der Waals surface area contributed by atoms with Crippen molar-refractivity contribution in [1.82, 2.24) is 9.80 Å². The lowest BCUT2D eigenvalue weighted by Crippen LogP contribution is -2.46. The van der Waals surface area contributed by atoms with Gasteiger partial charge in [0.1, 0.15) is 0 Å². The summed E-state index contributed by atoms with van der Waals surface area (Å²) >= 11 is 6.04. The van der Waals surface area contributed by atoms with Gasteiger partial charge in [0.2, 0.25) is 5.91 Å². The summed E-state index contributed by atoms with van der Waals surface area (Å²) in [6.45, 7) is 5.14. The number of carbonyl (C=O) groups is 1. The molecule has 130 valence electrons. The highest BCUT2D eigenvalue weighted by Crippen LogP contribution is 2.49. The molecule has 0 radical (unpaired) electrons. The molecule has 2 aliphatic heterocycles. The van der Waals surface area contributed by atoms with E-state index in [1.165, 1.54) is 31.2 Å². The molecule has 3 nitrogen and oxygen atoms in total. The van der Waals surface area contributed by atoms with E-state index in [0.29, 0.717) is 11.3 Å². The smallest absolute Gasteiger partial charge is 0.226 e. The van der Waals surface area contributed by atoms with E-state index in [4.69, 9.17) is 11.6 Å². The molecule has 1 saturated carbocycles. The third kappa shape index (κ3) is 3.34. The molecule has 4 rings (SSSR count). The summed E-state index contributed by atoms with van der Waals surface area (Å²) in [5, 5.41) is 0.809. The summed E-state index contributed by atoms with van der Waals surface area (Å²) in [5.41, 5.74) is 1.73. The van der Waals surface area contributed by atoms with E-state index >= 15 is 0 Å². The van der Waals surface area contributed by atoms with Crippen molar-refractivity contribution >= 4 is 17.5 Å². The number of hydrogen-bond donors (Lipinski definition) is 0. The Bertz CT molecular complexity index is 590. The third-order valence-corrected chi connectivity index (χ3v) is 6.36. The minimum Gasteiger partial charge on any atom is -0.342 e. The predicted octanol–water partition coefficient (Wildman–Crippen LogP) is 3.71. The van der Waals surface area contributed by atoms with Crippen LogP contribution in [-0.4, -0.2) is 48.4 Å². The van der Waals surface area contributed by atoms with Gasteiger partial charge in [-0.2, -0.15) is 0 Å². The zero-order valence-electron chi connectivity index (χ0n) is 14.3. The molecule has 3 fully saturated rings. The number of likely N-dealkylation sites (tertiary alicyclic amines) is 2. The van der Waals surface area contributed by atoms with Gasteiger partial charge in [-0.3, -0.25) is 4.79 Å². The molecule has 24 heavy (non-hydrogen) atoms. The van der Waals surface area contributed by atoms with Gasteiger partial charge >= 0.3 is 0 Å². The molecule has 0 N–H and O–H groups in total. The van der Waals surface area contributed by atoms with Gasteiger partial charge in [0.25, 0.3) is 0 Å². The molecule has 1 aromatic rings. The number of halogens is 1. The number of nitrogens with zero attached hydrogens (tertiary/aromatic N) is 2. The molecule has 4 heteroatoms. The van der Waals surface area contributed by atoms with Crippen LogP contribution in [0.4, 0.5) is 0 Å². The van der Waals surface area contributed by atoms with Gasteiger partial charge in [-0.1, -0.05) is 23.7 Å². The van der Waals surface area contributed by atoms with Crippen LogP contribution in [0.2, 0.25) is 5.02 Å². The van der Waals surface area contributed by atoms with Gasteiger partial charge in [0, 0.05) is 36.6 Å². The summed E-state index contributed by atoms with van der Waals surface area (Å²) < 4.78 is 0. The normalized spacial score (nSPS) is 26.5. The van der Waals surface area contributed by atoms with Crippen LogP contribution in [0.5, 0.6) is 0 Å². The fourth-order valence-corrected chi connectivity index (χ4v) is 4.64. The SMILES string of the molecule is O=C(C1CCCN(CC2(c3ccc(Cl)cc3)CC2)C1)N1CCCC1. The number of benzene rings is 1. The lowest BCUT2D eigenvalue weighted by Gasteiger charge is -2.36. The maximum Gasteiger partial charge on any atom is 0.226 e. The fourth-order valence-electron chi connectivity index (χ4n) is 4.52. The largest absolute Gasteiger partial charge is 0.342 e. The molecule has 1 atom stereocenters. The van der Waals surface area contributed by atoms with Gasteiger partial charge in [-0.05, 0) is 62.8 Å². The van der Waals surface area contributed by atoms with E-state index in [-0.39, 0.29) is 5.92 Å². The number of hydrogen-bond acceptors (Lipinski definition) is 2. The lowest BCUT2D eigenvalue weighted by molar-refractivity contribution is -0.136. The molecule has 1 aromatic carbocycles. The van der Waals surface area contributed by atoms with Gasteiger partial charge in [0.05, 0.1) is 5.92 Å². The molecule has 2 saturated heterocycles. The molecule has 1 aliphatic carbocycles. The van der Waals surface area contributed by atoms with Crippen molar-refractivity contribution in [2.24, 2.45) is 5.92 Å². The number of amides is 1. The molecular weight excluding hydrogens is 320 g/mol. The van der Waals surface area contributed by atoms with Crippen molar-refractivity contribution in [2.75, 3.05) is 32.7 Å². The molecule has 2 heterocycles. The van der Waals surface area contributed by atoms with Gasteiger partial charge < -0.3 is 9.80 Å². The van der Waals surface area contributed by atoms with Crippen LogP contribution in [0.3, 0.4) is 0 Å². The molecule has 0 bridgehead atoms. The minimum atomic E-state index is 0.220. The Hall–Kier alpha value is -1.06. The van der Waals surface area contributed by atoms with Crippen molar-refractivity contribution < 1.29 is 4.79 Å². The highest BCUT2D eigenvalue weighted by atomic mass is 35.5. The maximum atomic E-state index is 12.7. The second kappa shape index (κ2) is 6.68. The Labute approximate surface area is 150 Å². The third-order valence-electron chi connectivity index (χ3n) is 6.11. The van der Waals surface area contributed by atoms with Gasteiger partial charge in [0.15, 0.2) is 0 Å². The second-order valence-corrected chi connectivity index (χ2v) is 8.33. The maximum absolute atomic E-state index is 12.7. The van der Waals surface area contributed by atoms with Crippen LogP contribution >= 0.6 is 11.6 Å². The Kier molecular flexibility index (Phi) is 4.57. The Morgan fingerprint density at radius 1 is 1.08 bits per heavy atom. The van der Waals surface area contributed by atoms with E-state index in [9.17, 15) is 4.79 Å². The summed E-state index contributed by atoms with van der Waals surface area (Å²) in [6, 6.07) is 8.39. The van der Waals surface area contributed by atoms with E-state index in [1.54, 1.807) is 0 Å². The molecule has 1 amide bonds. The monoisotopic (exact) mass is 346 g/mol. The highest BCUT2D eigenvalue weighted by molar-refractivity contribution is 6.30. The van der Waals surface area contributed by atoms with Crippen LogP contribution in [0, 0.1) is 5.92 Å². The van der Waals surface area contributed by atoms with Gasteiger partial charge in [-0.25, -0.2) is 0 Å². The van der Waals surface area contributed by atoms with Crippen LogP contribution in [-0.2, 0) is 10.2 Å².